The van der Waals surface area contributed by atoms with E-state index < -0.39 is 23.6 Å². The molecule has 1 aliphatic heterocycles. The van der Waals surface area contributed by atoms with E-state index in [1.807, 2.05) is 0 Å². The van der Waals surface area contributed by atoms with E-state index in [1.165, 1.54) is 36.4 Å². The van der Waals surface area contributed by atoms with Gasteiger partial charge in [-0.1, -0.05) is 29.8 Å². The lowest BCUT2D eigenvalue weighted by Crippen LogP contribution is -2.36. The number of carbonyl (C=O) groups is 1. The second-order valence-electron chi connectivity index (χ2n) is 4.90. The Morgan fingerprint density at radius 1 is 1.13 bits per heavy atom. The molecule has 0 saturated carbocycles. The zero-order valence-electron chi connectivity index (χ0n) is 11.3. The summed E-state index contributed by atoms with van der Waals surface area (Å²) in [6.07, 6.45) is -4.96. The summed E-state index contributed by atoms with van der Waals surface area (Å²) < 4.78 is 41.6. The normalized spacial score (nSPS) is 20.1. The number of amides is 1. The van der Waals surface area contributed by atoms with Crippen LogP contribution in [0, 0.1) is 0 Å². The van der Waals surface area contributed by atoms with E-state index >= 15 is 0 Å². The average Bonchev–Trinajstić information content (AvgIpc) is 2.71. The van der Waals surface area contributed by atoms with Gasteiger partial charge in [0.1, 0.15) is 5.75 Å². The number of benzene rings is 2. The van der Waals surface area contributed by atoms with Crippen LogP contribution in [0.1, 0.15) is 11.1 Å². The summed E-state index contributed by atoms with van der Waals surface area (Å²) in [5.41, 5.74) is -2.32. The molecule has 23 heavy (non-hydrogen) atoms. The first kappa shape index (κ1) is 15.6. The number of hydrogen-bond acceptors (Lipinski definition) is 3. The summed E-state index contributed by atoms with van der Waals surface area (Å²) in [4.78, 5) is 12.2. The predicted octanol–water partition coefficient (Wildman–Crippen LogP) is 3.43. The third-order valence-corrected chi connectivity index (χ3v) is 3.69. The van der Waals surface area contributed by atoms with Crippen molar-refractivity contribution in [2.24, 2.45) is 0 Å². The van der Waals surface area contributed by atoms with Gasteiger partial charge in [-0.05, 0) is 24.3 Å². The number of halogens is 4. The lowest BCUT2D eigenvalue weighted by molar-refractivity contribution is -0.275. The molecule has 2 N–H and O–H groups in total. The third-order valence-electron chi connectivity index (χ3n) is 3.45. The third kappa shape index (κ3) is 2.62. The fraction of sp³-hybridized carbons (Fsp3) is 0.133. The minimum absolute atomic E-state index is 0.0632. The molecule has 3 rings (SSSR count). The molecule has 1 atom stereocenters. The van der Waals surface area contributed by atoms with Crippen molar-refractivity contribution in [2.45, 2.75) is 12.0 Å². The number of ether oxygens (including phenoxy) is 1. The van der Waals surface area contributed by atoms with E-state index in [0.717, 1.165) is 6.07 Å². The molecule has 0 fully saturated rings. The Balaban J connectivity index is 2.19. The maximum Gasteiger partial charge on any atom is 0.573 e. The highest BCUT2D eigenvalue weighted by molar-refractivity contribution is 6.31. The monoisotopic (exact) mass is 343 g/mol. The maximum absolute atomic E-state index is 12.6. The summed E-state index contributed by atoms with van der Waals surface area (Å²) in [5, 5.41) is 13.5. The summed E-state index contributed by atoms with van der Waals surface area (Å²) in [7, 11) is 0. The molecule has 1 heterocycles. The van der Waals surface area contributed by atoms with Crippen molar-refractivity contribution in [1.82, 2.24) is 0 Å². The first-order valence-corrected chi connectivity index (χ1v) is 6.79. The van der Waals surface area contributed by atoms with Gasteiger partial charge in [-0.2, -0.15) is 0 Å². The van der Waals surface area contributed by atoms with E-state index in [1.54, 1.807) is 0 Å². The van der Waals surface area contributed by atoms with Gasteiger partial charge < -0.3 is 15.2 Å². The van der Waals surface area contributed by atoms with Crippen molar-refractivity contribution >= 4 is 23.2 Å². The summed E-state index contributed by atoms with van der Waals surface area (Å²) in [5.74, 6) is -1.54. The number of rotatable bonds is 2. The van der Waals surface area contributed by atoms with Crippen LogP contribution in [0.25, 0.3) is 0 Å². The van der Waals surface area contributed by atoms with Crippen LogP contribution >= 0.6 is 11.6 Å². The van der Waals surface area contributed by atoms with Crippen LogP contribution < -0.4 is 10.1 Å². The summed E-state index contributed by atoms with van der Waals surface area (Å²) >= 11 is 5.87. The Morgan fingerprint density at radius 3 is 2.52 bits per heavy atom. The number of alkyl halides is 3. The molecule has 1 unspecified atom stereocenters. The van der Waals surface area contributed by atoms with Crippen molar-refractivity contribution in [3.8, 4) is 5.75 Å². The predicted molar refractivity (Wildman–Crippen MR) is 76.2 cm³/mol. The number of para-hydroxylation sites is 1. The average molecular weight is 344 g/mol. The lowest BCUT2D eigenvalue weighted by atomic mass is 9.87. The van der Waals surface area contributed by atoms with Crippen LogP contribution in [0.4, 0.5) is 18.9 Å². The van der Waals surface area contributed by atoms with Crippen molar-refractivity contribution in [3.63, 3.8) is 0 Å². The van der Waals surface area contributed by atoms with Gasteiger partial charge >= 0.3 is 6.36 Å². The first-order chi connectivity index (χ1) is 10.7. The number of nitrogens with one attached hydrogen (secondary N) is 1. The molecule has 4 nitrogen and oxygen atoms in total. The highest BCUT2D eigenvalue weighted by Gasteiger charge is 2.49. The lowest BCUT2D eigenvalue weighted by Gasteiger charge is -2.24. The van der Waals surface area contributed by atoms with E-state index in [4.69, 9.17) is 11.6 Å². The van der Waals surface area contributed by atoms with E-state index in [-0.39, 0.29) is 21.8 Å². The molecule has 1 amide bonds. The quantitative estimate of drug-likeness (QED) is 0.878. The largest absolute Gasteiger partial charge is 0.573 e. The zero-order valence-corrected chi connectivity index (χ0v) is 12.1. The van der Waals surface area contributed by atoms with Gasteiger partial charge in [-0.25, -0.2) is 0 Å². The highest BCUT2D eigenvalue weighted by atomic mass is 35.5. The Bertz CT molecular complexity index is 794. The Hall–Kier alpha value is -2.25. The Morgan fingerprint density at radius 2 is 1.83 bits per heavy atom. The fourth-order valence-corrected chi connectivity index (χ4v) is 2.68. The van der Waals surface area contributed by atoms with Crippen LogP contribution in [0.2, 0.25) is 5.02 Å². The topological polar surface area (TPSA) is 58.6 Å². The van der Waals surface area contributed by atoms with Gasteiger partial charge in [0, 0.05) is 21.8 Å². The van der Waals surface area contributed by atoms with E-state index in [9.17, 15) is 23.1 Å². The minimum Gasteiger partial charge on any atom is -0.405 e. The Kier molecular flexibility index (Phi) is 3.50. The zero-order chi connectivity index (χ0) is 16.8. The fourth-order valence-electron chi connectivity index (χ4n) is 2.51. The molecule has 1 aliphatic rings. The first-order valence-electron chi connectivity index (χ1n) is 6.41. The molecule has 0 aliphatic carbocycles. The van der Waals surface area contributed by atoms with Gasteiger partial charge in [0.15, 0.2) is 5.60 Å². The van der Waals surface area contributed by atoms with Gasteiger partial charge in [0.2, 0.25) is 0 Å². The minimum atomic E-state index is -4.96. The second kappa shape index (κ2) is 5.14. The molecular formula is C15H9ClF3NO3. The molecule has 0 aromatic heterocycles. The Labute approximate surface area is 133 Å². The summed E-state index contributed by atoms with van der Waals surface area (Å²) in [6, 6.07) is 9.18. The number of aliphatic hydroxyl groups is 1. The van der Waals surface area contributed by atoms with E-state index in [2.05, 4.69) is 10.1 Å². The number of fused-ring (bicyclic) bond motifs is 1. The van der Waals surface area contributed by atoms with Crippen LogP contribution in [-0.4, -0.2) is 17.4 Å². The van der Waals surface area contributed by atoms with Crippen LogP contribution in [0.5, 0.6) is 5.75 Å². The van der Waals surface area contributed by atoms with Crippen molar-refractivity contribution < 1.29 is 27.8 Å². The van der Waals surface area contributed by atoms with Crippen LogP contribution in [0.3, 0.4) is 0 Å². The molecule has 120 valence electrons. The van der Waals surface area contributed by atoms with Gasteiger partial charge in [-0.15, -0.1) is 13.2 Å². The van der Waals surface area contributed by atoms with E-state index in [0.29, 0.717) is 0 Å². The van der Waals surface area contributed by atoms with Gasteiger partial charge in [-0.3, -0.25) is 4.79 Å². The molecule has 2 aromatic rings. The number of hydrogen-bond donors (Lipinski definition) is 2. The SMILES string of the molecule is O=C1Nc2ccc(Cl)cc2C1(O)c1ccccc1OC(F)(F)F. The molecule has 0 saturated heterocycles. The standard InChI is InChI=1S/C15H9ClF3NO3/c16-8-5-6-11-10(7-8)14(22,13(21)20-11)9-3-1-2-4-12(9)23-15(17,18)19/h1-7,22H,(H,20,21). The van der Waals surface area contributed by atoms with Crippen molar-refractivity contribution in [3.05, 3.63) is 58.6 Å². The van der Waals surface area contributed by atoms with Gasteiger partial charge in [0.05, 0.1) is 0 Å². The highest BCUT2D eigenvalue weighted by Crippen LogP contribution is 2.45. The second-order valence-corrected chi connectivity index (χ2v) is 5.33. The van der Waals surface area contributed by atoms with Crippen molar-refractivity contribution in [2.75, 3.05) is 5.32 Å². The molecule has 0 bridgehead atoms. The van der Waals surface area contributed by atoms with Crippen LogP contribution in [0.15, 0.2) is 42.5 Å². The molecule has 2 aromatic carbocycles. The molecule has 8 heteroatoms. The molecular weight excluding hydrogens is 335 g/mol. The number of anilines is 1. The van der Waals surface area contributed by atoms with Gasteiger partial charge in [0.25, 0.3) is 5.91 Å². The molecule has 0 spiro atoms. The molecule has 0 radical (unpaired) electrons. The van der Waals surface area contributed by atoms with Crippen LogP contribution in [-0.2, 0) is 10.4 Å². The summed E-state index contributed by atoms with van der Waals surface area (Å²) in [6.45, 7) is 0. The smallest absolute Gasteiger partial charge is 0.405 e. The maximum atomic E-state index is 12.6. The van der Waals surface area contributed by atoms with Crippen molar-refractivity contribution in [1.29, 1.82) is 0 Å². The number of carbonyl (C=O) groups excluding carboxylic acids is 1.